The number of methoxy groups -OCH3 is 1. The molecule has 0 aromatic rings. The zero-order valence-corrected chi connectivity index (χ0v) is 8.01. The fourth-order valence-electron chi connectivity index (χ4n) is 1.30. The topological polar surface area (TPSA) is 30.5 Å². The summed E-state index contributed by atoms with van der Waals surface area (Å²) in [5.41, 5.74) is 3.09. The third-order valence-corrected chi connectivity index (χ3v) is 2.26. The Morgan fingerprint density at radius 3 is 2.67 bits per heavy atom. The van der Waals surface area contributed by atoms with E-state index < -0.39 is 0 Å². The van der Waals surface area contributed by atoms with E-state index in [-0.39, 0.29) is 0 Å². The molecule has 72 valence electrons. The summed E-state index contributed by atoms with van der Waals surface area (Å²) in [6.07, 6.45) is 3.87. The Morgan fingerprint density at radius 1 is 1.42 bits per heavy atom. The average Bonchev–Trinajstić information content (AvgIpc) is 2.88. The van der Waals surface area contributed by atoms with Crippen LogP contribution in [0, 0.1) is 5.92 Å². The Bertz CT molecular complexity index is 115. The molecular weight excluding hydrogens is 154 g/mol. The first kappa shape index (κ1) is 9.96. The van der Waals surface area contributed by atoms with Gasteiger partial charge in [-0.25, -0.2) is 0 Å². The molecule has 1 saturated carbocycles. The number of hydrogen-bond acceptors (Lipinski definition) is 3. The van der Waals surface area contributed by atoms with Crippen molar-refractivity contribution >= 4 is 0 Å². The minimum Gasteiger partial charge on any atom is -0.382 e. The van der Waals surface area contributed by atoms with E-state index in [0.717, 1.165) is 12.3 Å². The van der Waals surface area contributed by atoms with Crippen LogP contribution in [0.15, 0.2) is 0 Å². The summed E-state index contributed by atoms with van der Waals surface area (Å²) >= 11 is 0. The first-order valence-corrected chi connectivity index (χ1v) is 4.74. The van der Waals surface area contributed by atoms with E-state index in [0.29, 0.717) is 19.3 Å². The van der Waals surface area contributed by atoms with Crippen molar-refractivity contribution in [1.29, 1.82) is 0 Å². The van der Waals surface area contributed by atoms with Crippen LogP contribution >= 0.6 is 0 Å². The quantitative estimate of drug-likeness (QED) is 0.465. The Morgan fingerprint density at radius 2 is 2.17 bits per heavy atom. The van der Waals surface area contributed by atoms with Gasteiger partial charge >= 0.3 is 0 Å². The predicted octanol–water partition coefficient (Wildman–Crippen LogP) is 1.34. The number of hydrogen-bond donors (Lipinski definition) is 1. The molecule has 0 spiro atoms. The summed E-state index contributed by atoms with van der Waals surface area (Å²) in [4.78, 5) is 5.25. The molecule has 0 radical (unpaired) electrons. The molecule has 0 bridgehead atoms. The summed E-state index contributed by atoms with van der Waals surface area (Å²) in [5, 5.41) is 0. The lowest BCUT2D eigenvalue weighted by Crippen LogP contribution is -2.31. The Labute approximate surface area is 74.4 Å². The molecule has 0 aliphatic heterocycles. The first-order valence-electron chi connectivity index (χ1n) is 4.74. The maximum Gasteiger partial charge on any atom is 0.0915 e. The highest BCUT2D eigenvalue weighted by Crippen LogP contribution is 2.33. The van der Waals surface area contributed by atoms with Gasteiger partial charge in [-0.3, -0.25) is 4.84 Å². The summed E-state index contributed by atoms with van der Waals surface area (Å²) in [6, 6.07) is 0.557. The van der Waals surface area contributed by atoms with E-state index in [1.807, 2.05) is 0 Å². The molecule has 0 aromatic heterocycles. The lowest BCUT2D eigenvalue weighted by molar-refractivity contribution is -0.0165. The maximum atomic E-state index is 5.25. The molecule has 1 aliphatic carbocycles. The molecule has 0 heterocycles. The molecule has 0 saturated heterocycles. The molecule has 1 atom stereocenters. The van der Waals surface area contributed by atoms with E-state index in [4.69, 9.17) is 9.57 Å². The predicted molar refractivity (Wildman–Crippen MR) is 47.8 cm³/mol. The van der Waals surface area contributed by atoms with Crippen molar-refractivity contribution in [3.05, 3.63) is 0 Å². The van der Waals surface area contributed by atoms with E-state index >= 15 is 0 Å². The van der Waals surface area contributed by atoms with E-state index in [1.54, 1.807) is 7.11 Å². The molecule has 1 aliphatic rings. The molecule has 1 fully saturated rings. The van der Waals surface area contributed by atoms with Crippen LogP contribution in [0.25, 0.3) is 0 Å². The van der Waals surface area contributed by atoms with Crippen molar-refractivity contribution in [2.45, 2.75) is 32.2 Å². The van der Waals surface area contributed by atoms with Gasteiger partial charge in [0.25, 0.3) is 0 Å². The number of nitrogens with one attached hydrogen (secondary N) is 1. The van der Waals surface area contributed by atoms with Gasteiger partial charge in [0, 0.05) is 13.2 Å². The molecule has 3 nitrogen and oxygen atoms in total. The highest BCUT2D eigenvalue weighted by molar-refractivity contribution is 4.83. The van der Waals surface area contributed by atoms with Gasteiger partial charge in [-0.2, -0.15) is 5.48 Å². The van der Waals surface area contributed by atoms with Gasteiger partial charge in [-0.1, -0.05) is 6.92 Å². The third kappa shape index (κ3) is 3.52. The van der Waals surface area contributed by atoms with Crippen molar-refractivity contribution in [1.82, 2.24) is 5.48 Å². The van der Waals surface area contributed by atoms with Crippen LogP contribution in [-0.2, 0) is 9.57 Å². The van der Waals surface area contributed by atoms with Gasteiger partial charge in [0.15, 0.2) is 0 Å². The largest absolute Gasteiger partial charge is 0.382 e. The lowest BCUT2D eigenvalue weighted by atomic mass is 10.1. The number of hydroxylamine groups is 1. The number of ether oxygens (including phenoxy) is 1. The van der Waals surface area contributed by atoms with Gasteiger partial charge in [-0.15, -0.1) is 0 Å². The minimum atomic E-state index is 0.557. The fourth-order valence-corrected chi connectivity index (χ4v) is 1.30. The summed E-state index contributed by atoms with van der Waals surface area (Å²) in [6.45, 7) is 3.49. The zero-order chi connectivity index (χ0) is 8.81. The average molecular weight is 173 g/mol. The van der Waals surface area contributed by atoms with Crippen LogP contribution in [0.4, 0.5) is 0 Å². The second-order valence-electron chi connectivity index (χ2n) is 3.31. The summed E-state index contributed by atoms with van der Waals surface area (Å²) in [5.74, 6) is 0.859. The molecule has 1 N–H and O–H groups in total. The van der Waals surface area contributed by atoms with E-state index in [1.165, 1.54) is 12.8 Å². The second kappa shape index (κ2) is 5.51. The molecule has 0 aromatic carbocycles. The van der Waals surface area contributed by atoms with Gasteiger partial charge in [0.2, 0.25) is 0 Å². The Kier molecular flexibility index (Phi) is 4.58. The first-order chi connectivity index (χ1) is 5.88. The van der Waals surface area contributed by atoms with Crippen molar-refractivity contribution in [2.75, 3.05) is 20.3 Å². The van der Waals surface area contributed by atoms with Crippen LogP contribution < -0.4 is 5.48 Å². The third-order valence-electron chi connectivity index (χ3n) is 2.26. The van der Waals surface area contributed by atoms with Gasteiger partial charge in [-0.05, 0) is 25.2 Å². The highest BCUT2D eigenvalue weighted by Gasteiger charge is 2.29. The van der Waals surface area contributed by atoms with E-state index in [9.17, 15) is 0 Å². The normalized spacial score (nSPS) is 19.5. The monoisotopic (exact) mass is 173 g/mol. The fraction of sp³-hybridized carbons (Fsp3) is 1.00. The number of rotatable bonds is 7. The van der Waals surface area contributed by atoms with Crippen molar-refractivity contribution in [3.8, 4) is 0 Å². The molecular formula is C9H19NO2. The second-order valence-corrected chi connectivity index (χ2v) is 3.31. The van der Waals surface area contributed by atoms with Gasteiger partial charge in [0.1, 0.15) is 0 Å². The Balaban J connectivity index is 1.95. The van der Waals surface area contributed by atoms with Crippen LogP contribution in [-0.4, -0.2) is 26.4 Å². The smallest absolute Gasteiger partial charge is 0.0915 e. The van der Waals surface area contributed by atoms with Crippen LogP contribution in [0.2, 0.25) is 0 Å². The molecule has 12 heavy (non-hydrogen) atoms. The molecule has 1 rings (SSSR count). The lowest BCUT2D eigenvalue weighted by Gasteiger charge is -2.15. The summed E-state index contributed by atoms with van der Waals surface area (Å²) < 4.78 is 4.87. The SMILES string of the molecule is CCC(NOCCOC)C1CC1. The Hall–Kier alpha value is -0.120. The molecule has 1 unspecified atom stereocenters. The zero-order valence-electron chi connectivity index (χ0n) is 8.01. The van der Waals surface area contributed by atoms with Gasteiger partial charge < -0.3 is 4.74 Å². The van der Waals surface area contributed by atoms with Crippen molar-refractivity contribution in [2.24, 2.45) is 5.92 Å². The minimum absolute atomic E-state index is 0.557. The van der Waals surface area contributed by atoms with Crippen LogP contribution in [0.1, 0.15) is 26.2 Å². The molecule has 0 amide bonds. The van der Waals surface area contributed by atoms with Crippen molar-refractivity contribution < 1.29 is 9.57 Å². The standard InChI is InChI=1S/C9H19NO2/c1-3-9(8-4-5-8)10-12-7-6-11-2/h8-10H,3-7H2,1-2H3. The van der Waals surface area contributed by atoms with Crippen LogP contribution in [0.5, 0.6) is 0 Å². The molecule has 3 heteroatoms. The van der Waals surface area contributed by atoms with Crippen molar-refractivity contribution in [3.63, 3.8) is 0 Å². The van der Waals surface area contributed by atoms with Crippen LogP contribution in [0.3, 0.4) is 0 Å². The van der Waals surface area contributed by atoms with E-state index in [2.05, 4.69) is 12.4 Å². The highest BCUT2D eigenvalue weighted by atomic mass is 16.7. The summed E-state index contributed by atoms with van der Waals surface area (Å²) in [7, 11) is 1.68. The van der Waals surface area contributed by atoms with Gasteiger partial charge in [0.05, 0.1) is 13.2 Å². The maximum absolute atomic E-state index is 5.25.